The van der Waals surface area contributed by atoms with Crippen molar-refractivity contribution >= 4 is 17.6 Å². The zero-order valence-electron chi connectivity index (χ0n) is 10.0. The summed E-state index contributed by atoms with van der Waals surface area (Å²) in [7, 11) is 0. The van der Waals surface area contributed by atoms with Gasteiger partial charge in [-0.2, -0.15) is 5.10 Å². The fourth-order valence-corrected chi connectivity index (χ4v) is 1.41. The molecule has 7 heteroatoms. The molecule has 0 saturated carbocycles. The first-order valence-electron chi connectivity index (χ1n) is 5.41. The maximum Gasteiger partial charge on any atom is 0.290 e. The molecule has 0 saturated heterocycles. The fourth-order valence-electron chi connectivity index (χ4n) is 1.41. The second kappa shape index (κ2) is 5.21. The number of nitro benzene ring substituents is 1. The average molecular weight is 258 g/mol. The van der Waals surface area contributed by atoms with E-state index < -0.39 is 4.92 Å². The van der Waals surface area contributed by atoms with Gasteiger partial charge in [-0.15, -0.1) is 0 Å². The van der Waals surface area contributed by atoms with Gasteiger partial charge in [-0.1, -0.05) is 0 Å². The number of hydrogen-bond donors (Lipinski definition) is 1. The van der Waals surface area contributed by atoms with Crippen molar-refractivity contribution < 1.29 is 4.92 Å². The molecule has 1 aromatic carbocycles. The van der Waals surface area contributed by atoms with Gasteiger partial charge in [0.25, 0.3) is 11.2 Å². The van der Waals surface area contributed by atoms with Crippen LogP contribution in [0.25, 0.3) is 0 Å². The summed E-state index contributed by atoms with van der Waals surface area (Å²) >= 11 is 0. The molecule has 19 heavy (non-hydrogen) atoms. The van der Waals surface area contributed by atoms with E-state index in [2.05, 4.69) is 15.2 Å². The predicted octanol–water partition coefficient (Wildman–Crippen LogP) is 1.74. The molecule has 0 spiro atoms. The summed E-state index contributed by atoms with van der Waals surface area (Å²) in [6.45, 7) is 1.74. The summed E-state index contributed by atoms with van der Waals surface area (Å²) in [5.41, 5.74) is 1.18. The average Bonchev–Trinajstić information content (AvgIpc) is 2.40. The van der Waals surface area contributed by atoms with Crippen LogP contribution in [0.4, 0.5) is 11.4 Å². The molecular formula is C12H10N4O3. The van der Waals surface area contributed by atoms with Gasteiger partial charge in [0.15, 0.2) is 0 Å². The maximum atomic E-state index is 11.4. The minimum Gasteiger partial charge on any atom is -0.266 e. The Morgan fingerprint density at radius 3 is 2.68 bits per heavy atom. The summed E-state index contributed by atoms with van der Waals surface area (Å²) in [6.07, 6.45) is 1.47. The van der Waals surface area contributed by atoms with E-state index >= 15 is 0 Å². The third-order valence-corrected chi connectivity index (χ3v) is 2.37. The van der Waals surface area contributed by atoms with Crippen LogP contribution in [0.2, 0.25) is 0 Å². The van der Waals surface area contributed by atoms with E-state index in [4.69, 9.17) is 0 Å². The molecule has 2 aromatic rings. The van der Waals surface area contributed by atoms with Gasteiger partial charge in [-0.25, -0.2) is 5.10 Å². The molecular weight excluding hydrogens is 248 g/mol. The summed E-state index contributed by atoms with van der Waals surface area (Å²) in [5.74, 6) is 0. The van der Waals surface area contributed by atoms with Gasteiger partial charge in [-0.05, 0) is 30.7 Å². The normalized spacial score (nSPS) is 10.8. The molecule has 2 rings (SSSR count). The summed E-state index contributed by atoms with van der Waals surface area (Å²) < 4.78 is 0. The lowest BCUT2D eigenvalue weighted by atomic mass is 10.2. The molecule has 0 radical (unpaired) electrons. The van der Waals surface area contributed by atoms with E-state index in [-0.39, 0.29) is 16.9 Å². The van der Waals surface area contributed by atoms with E-state index in [1.54, 1.807) is 25.1 Å². The second-order valence-corrected chi connectivity index (χ2v) is 3.83. The van der Waals surface area contributed by atoms with Gasteiger partial charge in [0.1, 0.15) is 5.69 Å². The molecule has 0 atom stereocenters. The molecule has 1 aromatic heterocycles. The van der Waals surface area contributed by atoms with Crippen LogP contribution in [0, 0.1) is 17.0 Å². The Morgan fingerprint density at radius 2 is 2.05 bits per heavy atom. The van der Waals surface area contributed by atoms with Crippen LogP contribution in [-0.2, 0) is 0 Å². The number of rotatable bonds is 3. The largest absolute Gasteiger partial charge is 0.290 e. The molecule has 0 aliphatic carbocycles. The Labute approximate surface area is 107 Å². The van der Waals surface area contributed by atoms with Gasteiger partial charge >= 0.3 is 0 Å². The molecule has 96 valence electrons. The number of aliphatic imine (C=N–C) groups is 1. The third-order valence-electron chi connectivity index (χ3n) is 2.37. The SMILES string of the molecule is Cc1cc(N=Cc2ccc([N+](=O)[O-])cc2)c(=O)[nH]n1. The van der Waals surface area contributed by atoms with Crippen molar-refractivity contribution in [2.24, 2.45) is 4.99 Å². The van der Waals surface area contributed by atoms with Crippen LogP contribution >= 0.6 is 0 Å². The first-order valence-corrected chi connectivity index (χ1v) is 5.41. The number of non-ortho nitro benzene ring substituents is 1. The highest BCUT2D eigenvalue weighted by atomic mass is 16.6. The Balaban J connectivity index is 2.25. The smallest absolute Gasteiger partial charge is 0.266 e. The second-order valence-electron chi connectivity index (χ2n) is 3.83. The van der Waals surface area contributed by atoms with Crippen LogP contribution in [0.3, 0.4) is 0 Å². The number of aryl methyl sites for hydroxylation is 1. The number of nitrogens with one attached hydrogen (secondary N) is 1. The van der Waals surface area contributed by atoms with Crippen molar-refractivity contribution in [1.29, 1.82) is 0 Å². The predicted molar refractivity (Wildman–Crippen MR) is 69.9 cm³/mol. The van der Waals surface area contributed by atoms with E-state index in [9.17, 15) is 14.9 Å². The van der Waals surface area contributed by atoms with Gasteiger partial charge in [0.2, 0.25) is 0 Å². The lowest BCUT2D eigenvalue weighted by molar-refractivity contribution is -0.384. The quantitative estimate of drug-likeness (QED) is 0.514. The highest BCUT2D eigenvalue weighted by Crippen LogP contribution is 2.11. The molecule has 1 N–H and O–H groups in total. The Bertz CT molecular complexity index is 689. The number of aromatic amines is 1. The van der Waals surface area contributed by atoms with Crippen LogP contribution in [0.1, 0.15) is 11.3 Å². The molecule has 0 bridgehead atoms. The summed E-state index contributed by atoms with van der Waals surface area (Å²) in [5, 5.41) is 16.6. The van der Waals surface area contributed by atoms with Gasteiger partial charge in [0, 0.05) is 18.3 Å². The van der Waals surface area contributed by atoms with Crippen molar-refractivity contribution in [1.82, 2.24) is 10.2 Å². The zero-order valence-corrected chi connectivity index (χ0v) is 10.0. The van der Waals surface area contributed by atoms with Gasteiger partial charge in [-0.3, -0.25) is 19.9 Å². The topological polar surface area (TPSA) is 101 Å². The van der Waals surface area contributed by atoms with Crippen molar-refractivity contribution in [2.75, 3.05) is 0 Å². The van der Waals surface area contributed by atoms with Gasteiger partial charge < -0.3 is 0 Å². The number of H-pyrrole nitrogens is 1. The maximum absolute atomic E-state index is 11.4. The van der Waals surface area contributed by atoms with Crippen molar-refractivity contribution in [3.8, 4) is 0 Å². The fraction of sp³-hybridized carbons (Fsp3) is 0.0833. The van der Waals surface area contributed by atoms with E-state index in [1.807, 2.05) is 0 Å². The summed E-state index contributed by atoms with van der Waals surface area (Å²) in [6, 6.07) is 7.43. The van der Waals surface area contributed by atoms with Crippen LogP contribution in [0.15, 0.2) is 40.1 Å². The minimum atomic E-state index is -0.474. The molecule has 1 heterocycles. The molecule has 7 nitrogen and oxygen atoms in total. The lowest BCUT2D eigenvalue weighted by Crippen LogP contribution is -2.07. The standard InChI is InChI=1S/C12H10N4O3/c1-8-6-11(12(17)15-14-8)13-7-9-2-4-10(5-3-9)16(18)19/h2-7H,1H3,(H,15,17). The number of aromatic nitrogens is 2. The van der Waals surface area contributed by atoms with Crippen LogP contribution in [-0.4, -0.2) is 21.3 Å². The number of benzene rings is 1. The molecule has 0 aliphatic rings. The summed E-state index contributed by atoms with van der Waals surface area (Å²) in [4.78, 5) is 25.5. The Hall–Kier alpha value is -2.83. The first-order chi connectivity index (χ1) is 9.06. The molecule has 0 unspecified atom stereocenters. The van der Waals surface area contributed by atoms with Crippen LogP contribution in [0.5, 0.6) is 0 Å². The highest BCUT2D eigenvalue weighted by Gasteiger charge is 2.03. The molecule has 0 fully saturated rings. The molecule has 0 amide bonds. The third kappa shape index (κ3) is 3.09. The Morgan fingerprint density at radius 1 is 1.37 bits per heavy atom. The zero-order chi connectivity index (χ0) is 13.8. The number of nitrogens with zero attached hydrogens (tertiary/aromatic N) is 3. The van der Waals surface area contributed by atoms with Crippen molar-refractivity contribution in [2.45, 2.75) is 6.92 Å². The lowest BCUT2D eigenvalue weighted by Gasteiger charge is -1.95. The highest BCUT2D eigenvalue weighted by molar-refractivity contribution is 5.82. The monoisotopic (exact) mass is 258 g/mol. The van der Waals surface area contributed by atoms with Crippen molar-refractivity contribution in [3.05, 3.63) is 62.1 Å². The molecule has 0 aliphatic heterocycles. The van der Waals surface area contributed by atoms with Crippen molar-refractivity contribution in [3.63, 3.8) is 0 Å². The van der Waals surface area contributed by atoms with E-state index in [0.29, 0.717) is 11.3 Å². The van der Waals surface area contributed by atoms with E-state index in [1.165, 1.54) is 18.3 Å². The number of nitro groups is 1. The Kier molecular flexibility index (Phi) is 3.46. The van der Waals surface area contributed by atoms with E-state index in [0.717, 1.165) is 0 Å². The number of hydrogen-bond acceptors (Lipinski definition) is 5. The van der Waals surface area contributed by atoms with Gasteiger partial charge in [0.05, 0.1) is 10.6 Å². The first kappa shape index (κ1) is 12.6. The van der Waals surface area contributed by atoms with Crippen LogP contribution < -0.4 is 5.56 Å². The minimum absolute atomic E-state index is 0.00903.